The molecule has 1 aliphatic rings. The first-order chi connectivity index (χ1) is 4.72. The Morgan fingerprint density at radius 3 is 2.27 bits per heavy atom. The van der Waals surface area contributed by atoms with Crippen molar-refractivity contribution >= 4 is 13.5 Å². The van der Waals surface area contributed by atoms with Gasteiger partial charge in [-0.15, -0.1) is 0 Å². The molecular formula is C9H21NS. The zero-order valence-corrected chi connectivity index (χ0v) is 8.93. The molecule has 1 saturated heterocycles. The Bertz CT molecular complexity index is 104. The summed E-state index contributed by atoms with van der Waals surface area (Å²) in [7, 11) is 2.25. The summed E-state index contributed by atoms with van der Waals surface area (Å²) in [5, 5.41) is 0. The molecule has 0 bridgehead atoms. The Hall–Kier alpha value is 0.310. The fourth-order valence-electron chi connectivity index (χ4n) is 1.94. The minimum absolute atomic E-state index is 0. The van der Waals surface area contributed by atoms with Gasteiger partial charge in [-0.3, -0.25) is 0 Å². The lowest BCUT2D eigenvalue weighted by Gasteiger charge is -2.35. The van der Waals surface area contributed by atoms with Gasteiger partial charge in [0.05, 0.1) is 0 Å². The lowest BCUT2D eigenvalue weighted by atomic mass is 9.93. The molecule has 68 valence electrons. The van der Waals surface area contributed by atoms with E-state index in [1.54, 1.807) is 0 Å². The van der Waals surface area contributed by atoms with Gasteiger partial charge in [0.25, 0.3) is 0 Å². The van der Waals surface area contributed by atoms with Gasteiger partial charge in [-0.1, -0.05) is 20.3 Å². The largest absolute Gasteiger partial charge is 0.303 e. The van der Waals surface area contributed by atoms with Crippen molar-refractivity contribution in [2.45, 2.75) is 39.2 Å². The van der Waals surface area contributed by atoms with E-state index in [9.17, 15) is 0 Å². The van der Waals surface area contributed by atoms with Gasteiger partial charge in [-0.2, -0.15) is 13.5 Å². The molecule has 0 aromatic carbocycles. The minimum atomic E-state index is 0. The van der Waals surface area contributed by atoms with Crippen LogP contribution in [0.25, 0.3) is 0 Å². The van der Waals surface area contributed by atoms with Crippen molar-refractivity contribution in [2.75, 3.05) is 13.6 Å². The SMILES string of the molecule is CC(C)[C@H]1CCCCN1C.S. The second-order valence-corrected chi connectivity index (χ2v) is 3.79. The van der Waals surface area contributed by atoms with Crippen LogP contribution in [0, 0.1) is 5.92 Å². The summed E-state index contributed by atoms with van der Waals surface area (Å²) < 4.78 is 0. The highest BCUT2D eigenvalue weighted by atomic mass is 32.1. The van der Waals surface area contributed by atoms with Crippen molar-refractivity contribution < 1.29 is 0 Å². The summed E-state index contributed by atoms with van der Waals surface area (Å²) in [5.74, 6) is 0.838. The molecule has 0 aromatic rings. The summed E-state index contributed by atoms with van der Waals surface area (Å²) >= 11 is 0. The summed E-state index contributed by atoms with van der Waals surface area (Å²) in [6.07, 6.45) is 4.25. The Labute approximate surface area is 77.6 Å². The standard InChI is InChI=1S/C9H19N.H2S/c1-8(2)9-6-4-5-7-10(9)3;/h8-9H,4-7H2,1-3H3;1H2/t9-;/m1./s1. The van der Waals surface area contributed by atoms with Crippen molar-refractivity contribution in [3.8, 4) is 0 Å². The van der Waals surface area contributed by atoms with E-state index in [1.807, 2.05) is 0 Å². The smallest absolute Gasteiger partial charge is 0.0115 e. The van der Waals surface area contributed by atoms with Crippen LogP contribution in [-0.2, 0) is 0 Å². The van der Waals surface area contributed by atoms with E-state index in [2.05, 4.69) is 25.8 Å². The molecule has 0 spiro atoms. The minimum Gasteiger partial charge on any atom is -0.303 e. The van der Waals surface area contributed by atoms with Gasteiger partial charge in [0, 0.05) is 6.04 Å². The van der Waals surface area contributed by atoms with E-state index in [-0.39, 0.29) is 13.5 Å². The second kappa shape index (κ2) is 5.04. The molecule has 0 radical (unpaired) electrons. The lowest BCUT2D eigenvalue weighted by molar-refractivity contribution is 0.144. The molecule has 0 aromatic heterocycles. The quantitative estimate of drug-likeness (QED) is 0.591. The third-order valence-corrected chi connectivity index (χ3v) is 2.60. The number of likely N-dealkylation sites (tertiary alicyclic amines) is 1. The zero-order chi connectivity index (χ0) is 7.56. The Balaban J connectivity index is 0.000001000. The van der Waals surface area contributed by atoms with Crippen LogP contribution in [0.2, 0.25) is 0 Å². The van der Waals surface area contributed by atoms with Crippen LogP contribution in [0.5, 0.6) is 0 Å². The Morgan fingerprint density at radius 2 is 1.91 bits per heavy atom. The van der Waals surface area contributed by atoms with Crippen molar-refractivity contribution in [1.29, 1.82) is 0 Å². The number of piperidine rings is 1. The fraction of sp³-hybridized carbons (Fsp3) is 1.00. The van der Waals surface area contributed by atoms with E-state index in [0.29, 0.717) is 0 Å². The van der Waals surface area contributed by atoms with Gasteiger partial charge in [0.15, 0.2) is 0 Å². The van der Waals surface area contributed by atoms with Gasteiger partial charge in [0.2, 0.25) is 0 Å². The van der Waals surface area contributed by atoms with Crippen LogP contribution in [-0.4, -0.2) is 24.5 Å². The summed E-state index contributed by atoms with van der Waals surface area (Å²) in [6.45, 7) is 5.96. The summed E-state index contributed by atoms with van der Waals surface area (Å²) in [4.78, 5) is 2.51. The van der Waals surface area contributed by atoms with E-state index in [0.717, 1.165) is 12.0 Å². The van der Waals surface area contributed by atoms with Gasteiger partial charge in [-0.05, 0) is 32.4 Å². The molecule has 1 rings (SSSR count). The van der Waals surface area contributed by atoms with Crippen LogP contribution in [0.3, 0.4) is 0 Å². The van der Waals surface area contributed by atoms with Crippen LogP contribution in [0.1, 0.15) is 33.1 Å². The summed E-state index contributed by atoms with van der Waals surface area (Å²) in [5.41, 5.74) is 0. The first-order valence-electron chi connectivity index (χ1n) is 4.42. The number of hydrogen-bond acceptors (Lipinski definition) is 1. The third kappa shape index (κ3) is 3.04. The molecule has 1 aliphatic heterocycles. The first kappa shape index (κ1) is 11.3. The van der Waals surface area contributed by atoms with Crippen molar-refractivity contribution in [3.63, 3.8) is 0 Å². The molecule has 1 heterocycles. The normalized spacial score (nSPS) is 26.7. The average molecular weight is 175 g/mol. The van der Waals surface area contributed by atoms with Gasteiger partial charge >= 0.3 is 0 Å². The van der Waals surface area contributed by atoms with Crippen molar-refractivity contribution in [3.05, 3.63) is 0 Å². The van der Waals surface area contributed by atoms with E-state index >= 15 is 0 Å². The molecular weight excluding hydrogens is 154 g/mol. The van der Waals surface area contributed by atoms with Crippen LogP contribution in [0.15, 0.2) is 0 Å². The van der Waals surface area contributed by atoms with Gasteiger partial charge in [0.1, 0.15) is 0 Å². The molecule has 0 amide bonds. The molecule has 1 fully saturated rings. The first-order valence-corrected chi connectivity index (χ1v) is 4.42. The maximum absolute atomic E-state index is 2.51. The summed E-state index contributed by atoms with van der Waals surface area (Å²) in [6, 6.07) is 0.855. The second-order valence-electron chi connectivity index (χ2n) is 3.79. The fourth-order valence-corrected chi connectivity index (χ4v) is 1.94. The topological polar surface area (TPSA) is 3.24 Å². The van der Waals surface area contributed by atoms with Gasteiger partial charge in [-0.25, -0.2) is 0 Å². The number of nitrogens with zero attached hydrogens (tertiary/aromatic N) is 1. The van der Waals surface area contributed by atoms with Crippen LogP contribution >= 0.6 is 13.5 Å². The predicted molar refractivity (Wildman–Crippen MR) is 55.5 cm³/mol. The molecule has 0 aliphatic carbocycles. The molecule has 0 saturated carbocycles. The van der Waals surface area contributed by atoms with Crippen LogP contribution < -0.4 is 0 Å². The monoisotopic (exact) mass is 175 g/mol. The highest BCUT2D eigenvalue weighted by molar-refractivity contribution is 7.59. The van der Waals surface area contributed by atoms with Crippen molar-refractivity contribution in [2.24, 2.45) is 5.92 Å². The zero-order valence-electron chi connectivity index (χ0n) is 7.93. The van der Waals surface area contributed by atoms with E-state index in [4.69, 9.17) is 0 Å². The Kier molecular flexibility index (Phi) is 5.19. The van der Waals surface area contributed by atoms with Crippen molar-refractivity contribution in [1.82, 2.24) is 4.90 Å². The molecule has 11 heavy (non-hydrogen) atoms. The van der Waals surface area contributed by atoms with Gasteiger partial charge < -0.3 is 4.90 Å². The average Bonchev–Trinajstić information content (AvgIpc) is 1.88. The third-order valence-electron chi connectivity index (χ3n) is 2.60. The maximum Gasteiger partial charge on any atom is 0.0115 e. The maximum atomic E-state index is 2.51. The number of hydrogen-bond donors (Lipinski definition) is 0. The van der Waals surface area contributed by atoms with Crippen LogP contribution in [0.4, 0.5) is 0 Å². The Morgan fingerprint density at radius 1 is 1.27 bits per heavy atom. The van der Waals surface area contributed by atoms with E-state index < -0.39 is 0 Å². The highest BCUT2D eigenvalue weighted by Gasteiger charge is 2.20. The van der Waals surface area contributed by atoms with E-state index in [1.165, 1.54) is 25.8 Å². The molecule has 1 atom stereocenters. The molecule has 1 nitrogen and oxygen atoms in total. The number of rotatable bonds is 1. The lowest BCUT2D eigenvalue weighted by Crippen LogP contribution is -2.39. The molecule has 0 unspecified atom stereocenters. The highest BCUT2D eigenvalue weighted by Crippen LogP contribution is 2.20. The molecule has 2 heteroatoms. The predicted octanol–water partition coefficient (Wildman–Crippen LogP) is 2.24. The molecule has 0 N–H and O–H groups in total.